The zero-order chi connectivity index (χ0) is 69.0. The minimum Gasteiger partial charge on any atom is -0.508 e. The van der Waals surface area contributed by atoms with Crippen LogP contribution in [0.3, 0.4) is 0 Å². The highest BCUT2D eigenvalue weighted by Crippen LogP contribution is 2.30. The minimum atomic E-state index is -1.88. The molecule has 94 heavy (non-hydrogen) atoms. The number of thioether (sulfide) groups is 1. The van der Waals surface area contributed by atoms with E-state index >= 15 is 0 Å². The van der Waals surface area contributed by atoms with E-state index in [9.17, 15) is 83.1 Å². The molecule has 3 fully saturated rings. The van der Waals surface area contributed by atoms with Crippen molar-refractivity contribution in [3.8, 4) is 5.75 Å². The number of aliphatic hydroxyl groups is 4. The summed E-state index contributed by atoms with van der Waals surface area (Å²) in [5.74, 6) is -11.8. The number of ether oxygens (including phenoxy) is 1. The number of nitrogens with two attached hydrogens (primary N) is 5. The van der Waals surface area contributed by atoms with E-state index in [-0.39, 0.29) is 87.7 Å². The lowest BCUT2D eigenvalue weighted by Gasteiger charge is -2.39. The van der Waals surface area contributed by atoms with Crippen molar-refractivity contribution in [1.29, 1.82) is 0 Å². The van der Waals surface area contributed by atoms with Gasteiger partial charge < -0.3 is 106 Å². The topological polar surface area (TPSA) is 557 Å². The van der Waals surface area contributed by atoms with Gasteiger partial charge in [-0.25, -0.2) is 0 Å². The molecule has 12 amide bonds. The predicted octanol–water partition coefficient (Wildman–Crippen LogP) is -6.15. The third-order valence-electron chi connectivity index (χ3n) is 15.1. The van der Waals surface area contributed by atoms with E-state index in [1.54, 1.807) is 30.3 Å². The van der Waals surface area contributed by atoms with Gasteiger partial charge in [0.15, 0.2) is 5.96 Å². The van der Waals surface area contributed by atoms with Gasteiger partial charge in [0, 0.05) is 50.3 Å². The number of primary amides is 3. The van der Waals surface area contributed by atoms with Gasteiger partial charge in [0.25, 0.3) is 0 Å². The third kappa shape index (κ3) is 25.4. The second-order valence-electron chi connectivity index (χ2n) is 22.5. The van der Waals surface area contributed by atoms with E-state index in [1.807, 2.05) is 0 Å². The van der Waals surface area contributed by atoms with Crippen LogP contribution in [0.25, 0.3) is 0 Å². The molecule has 0 spiro atoms. The number of phenols is 1. The number of amides is 12. The Morgan fingerprint density at radius 2 is 1.31 bits per heavy atom. The molecule has 3 unspecified atom stereocenters. The Balaban J connectivity index is 1.51. The van der Waals surface area contributed by atoms with Crippen LogP contribution in [0.4, 0.5) is 0 Å². The number of benzene rings is 2. The minimum absolute atomic E-state index is 0.0449. The normalized spacial score (nSPS) is 25.3. The third-order valence-corrected chi connectivity index (χ3v) is 18.8. The average Bonchev–Trinajstić information content (AvgIpc) is 1.42. The zero-order valence-corrected chi connectivity index (χ0v) is 53.8. The standard InChI is InChI=1S/C58H85N15O18S3/c59-42(76)19-18-34-50(84)71-37(25-43(60)77)53(87)72-39(56(90)73-21-8-12-40(73)55(89)68-33(11-7-20-64-58(62)63)49(83)65-26-44(61)78)29-94-93-28-38(66-45(79)13-5-2-6-22-92-57-48(82)47(81)46(80)41(27-74)91-57)54(88)70-36(24-31-14-16-32(75)17-15-31)52(86)69-35(51(85)67-34)23-30-9-3-1-4-10-30/h1,3-4,9-10,14-17,33-41,46-48,57,74-75,80-82H,2,5-8,11-13,18-29H2,(H2,59,76)(H2,60,77)(H2,61,78)(H,65,83)(H,66,79)(H,67,85)(H,68,89)(H,69,86)(H,70,88)(H,71,84)(H,72,87)(H4,62,63,64)/t33-,34?,35-,36?,37?,38-,39-,40-,41+,46+,47-,48+,57-/m0/s1. The molecule has 2 aromatic carbocycles. The first-order chi connectivity index (χ1) is 44.7. The summed E-state index contributed by atoms with van der Waals surface area (Å²) in [6.45, 7) is -1.19. The number of hydrogen-bond donors (Lipinski definition) is 18. The molecule has 23 N–H and O–H groups in total. The number of nitrogens with zero attached hydrogens (tertiary/aromatic N) is 2. The number of unbranched alkanes of at least 4 members (excludes halogenated alkanes) is 2. The molecular weight excluding hydrogens is 1290 g/mol. The molecule has 3 heterocycles. The summed E-state index contributed by atoms with van der Waals surface area (Å²) in [7, 11) is 1.84. The van der Waals surface area contributed by atoms with Gasteiger partial charge >= 0.3 is 0 Å². The van der Waals surface area contributed by atoms with Crippen LogP contribution in [0.2, 0.25) is 0 Å². The van der Waals surface area contributed by atoms with Crippen LogP contribution in [0.5, 0.6) is 5.75 Å². The molecule has 518 valence electrons. The lowest BCUT2D eigenvalue weighted by atomic mass is 10.0. The molecule has 0 aromatic heterocycles. The Kier molecular flexibility index (Phi) is 31.8. The maximum atomic E-state index is 15.0. The van der Waals surface area contributed by atoms with E-state index in [1.165, 1.54) is 24.3 Å². The van der Waals surface area contributed by atoms with E-state index in [2.05, 4.69) is 47.5 Å². The number of aliphatic hydroxyl groups excluding tert-OH is 4. The highest BCUT2D eigenvalue weighted by Gasteiger charge is 2.44. The summed E-state index contributed by atoms with van der Waals surface area (Å²) >= 11 is 1.13. The van der Waals surface area contributed by atoms with Crippen molar-refractivity contribution in [3.05, 3.63) is 65.7 Å². The molecule has 33 nitrogen and oxygen atoms in total. The molecular formula is C58H85N15O18S3. The van der Waals surface area contributed by atoms with Gasteiger partial charge in [-0.3, -0.25) is 62.5 Å². The number of phenolic OH excluding ortho intramolecular Hbond substituents is 1. The number of aliphatic imine (C=N–C) groups is 1. The first-order valence-corrected chi connectivity index (χ1v) is 33.9. The van der Waals surface area contributed by atoms with E-state index in [4.69, 9.17) is 33.4 Å². The lowest BCUT2D eigenvalue weighted by molar-refractivity contribution is -0.205. The summed E-state index contributed by atoms with van der Waals surface area (Å²) < 4.78 is 5.57. The summed E-state index contributed by atoms with van der Waals surface area (Å²) in [6, 6.07) is 1.65. The number of carbonyl (C=O) groups excluding carboxylic acids is 12. The monoisotopic (exact) mass is 1380 g/mol. The molecule has 0 aliphatic carbocycles. The Morgan fingerprint density at radius 1 is 0.691 bits per heavy atom. The molecule has 13 atom stereocenters. The summed E-state index contributed by atoms with van der Waals surface area (Å²) in [6.07, 6.45) is -6.54. The maximum absolute atomic E-state index is 15.0. The first-order valence-electron chi connectivity index (χ1n) is 30.3. The maximum Gasteiger partial charge on any atom is 0.246 e. The second-order valence-corrected chi connectivity index (χ2v) is 26.3. The predicted molar refractivity (Wildman–Crippen MR) is 344 cm³/mol. The van der Waals surface area contributed by atoms with Gasteiger partial charge in [-0.05, 0) is 74.0 Å². The summed E-state index contributed by atoms with van der Waals surface area (Å²) in [5.41, 5.74) is 27.2. The molecule has 0 radical (unpaired) electrons. The number of carbonyl (C=O) groups is 12. The Morgan fingerprint density at radius 3 is 1.95 bits per heavy atom. The van der Waals surface area contributed by atoms with E-state index in [0.717, 1.165) is 38.2 Å². The fraction of sp³-hybridized carbons (Fsp3) is 0.569. The van der Waals surface area contributed by atoms with Crippen molar-refractivity contribution in [2.75, 3.05) is 43.5 Å². The Labute approximate surface area is 553 Å². The Hall–Kier alpha value is -8.00. The zero-order valence-electron chi connectivity index (χ0n) is 51.4. The molecule has 3 saturated heterocycles. The van der Waals surface area contributed by atoms with Crippen LogP contribution in [-0.4, -0.2) is 229 Å². The summed E-state index contributed by atoms with van der Waals surface area (Å²) in [4.78, 5) is 171. The van der Waals surface area contributed by atoms with Gasteiger partial charge in [-0.2, -0.15) is 0 Å². The van der Waals surface area contributed by atoms with E-state index in [0.29, 0.717) is 29.7 Å². The molecule has 0 bridgehead atoms. The van der Waals surface area contributed by atoms with Gasteiger partial charge in [-0.1, -0.05) is 70.5 Å². The fourth-order valence-corrected chi connectivity index (χ4v) is 13.6. The largest absolute Gasteiger partial charge is 0.508 e. The van der Waals surface area contributed by atoms with Crippen LogP contribution in [0.1, 0.15) is 81.8 Å². The van der Waals surface area contributed by atoms with Crippen molar-refractivity contribution in [2.45, 2.75) is 162 Å². The van der Waals surface area contributed by atoms with Crippen LogP contribution < -0.4 is 71.2 Å². The molecule has 5 rings (SSSR count). The molecule has 0 saturated carbocycles. The first kappa shape index (κ1) is 76.7. The Bertz CT molecular complexity index is 2970. The van der Waals surface area contributed by atoms with Crippen LogP contribution in [0, 0.1) is 0 Å². The van der Waals surface area contributed by atoms with E-state index < -0.39 is 181 Å². The number of likely N-dealkylation sites (tertiary alicyclic amines) is 1. The fourth-order valence-electron chi connectivity index (χ4n) is 10.1. The molecule has 2 aromatic rings. The van der Waals surface area contributed by atoms with Crippen molar-refractivity contribution in [3.63, 3.8) is 0 Å². The second kappa shape index (κ2) is 39.0. The van der Waals surface area contributed by atoms with Crippen LogP contribution in [0.15, 0.2) is 59.6 Å². The van der Waals surface area contributed by atoms with Crippen LogP contribution >= 0.6 is 33.3 Å². The lowest BCUT2D eigenvalue weighted by Crippen LogP contribution is -2.61. The number of aromatic hydroxyl groups is 1. The number of nitrogens with one attached hydrogen (secondary N) is 8. The van der Waals surface area contributed by atoms with Crippen molar-refractivity contribution in [2.24, 2.45) is 33.7 Å². The van der Waals surface area contributed by atoms with Gasteiger partial charge in [-0.15, -0.1) is 11.8 Å². The highest BCUT2D eigenvalue weighted by atomic mass is 33.1. The highest BCUT2D eigenvalue weighted by molar-refractivity contribution is 8.76. The smallest absolute Gasteiger partial charge is 0.246 e. The number of rotatable bonds is 28. The molecule has 36 heteroatoms. The van der Waals surface area contributed by atoms with Gasteiger partial charge in [0.05, 0.1) is 19.6 Å². The quantitative estimate of drug-likeness (QED) is 0.0163. The number of guanidine groups is 1. The summed E-state index contributed by atoms with van der Waals surface area (Å²) in [5, 5.41) is 71.1. The molecule has 3 aliphatic rings. The SMILES string of the molecule is NC(=O)CCC1NC(=O)[C@H](Cc2ccccc2)NC(=O)C(Cc2ccc(O)cc2)NC(=O)[C@@H](NC(=O)CCCCCS[C@@H]2O[C@H](CO)[C@@H](O)[C@H](O)[C@H]2O)CSSC[C@@H](C(=O)N2CCC[C@H]2C(=O)N[C@@H](CCCN=C(N)N)C(=O)NCC(N)=O)NC(=O)C(CC(N)=O)NC1=O. The van der Waals surface area contributed by atoms with Crippen LogP contribution in [-0.2, 0) is 75.1 Å². The molecule has 3 aliphatic heterocycles. The number of hydrogen-bond acceptors (Lipinski definition) is 22. The average molecular weight is 1380 g/mol. The van der Waals surface area contributed by atoms with Gasteiger partial charge in [0.2, 0.25) is 70.9 Å². The van der Waals surface area contributed by atoms with Crippen molar-refractivity contribution < 1.29 is 87.8 Å². The van der Waals surface area contributed by atoms with Crippen molar-refractivity contribution in [1.82, 2.24) is 47.4 Å². The van der Waals surface area contributed by atoms with Gasteiger partial charge in [0.1, 0.15) is 83.9 Å². The van der Waals surface area contributed by atoms with Crippen molar-refractivity contribution >= 4 is 110 Å².